The van der Waals surface area contributed by atoms with Gasteiger partial charge in [0.1, 0.15) is 0 Å². The van der Waals surface area contributed by atoms with Gasteiger partial charge in [0.2, 0.25) is 0 Å². The Morgan fingerprint density at radius 2 is 1.81 bits per heavy atom. The molecule has 0 fully saturated rings. The fourth-order valence-electron chi connectivity index (χ4n) is 3.52. The topological polar surface area (TPSA) is 22.0 Å². The molecular weight excluding hydrogens is 282 g/mol. The van der Waals surface area contributed by atoms with Gasteiger partial charge in [-0.1, -0.05) is 48.0 Å². The predicted octanol–water partition coefficient (Wildman–Crippen LogP) is 4.55. The van der Waals surface area contributed by atoms with Crippen molar-refractivity contribution in [1.82, 2.24) is 4.57 Å². The molecule has 0 saturated carbocycles. The molecule has 0 amide bonds. The van der Waals surface area contributed by atoms with Crippen LogP contribution in [-0.4, -0.2) is 10.4 Å². The van der Waals surface area contributed by atoms with Crippen molar-refractivity contribution in [2.45, 2.75) is 12.3 Å². The molecule has 104 valence electrons. The largest absolute Gasteiger partial charge is 0.341 e. The molecule has 1 aliphatic carbocycles. The highest BCUT2D eigenvalue weighted by Gasteiger charge is 2.36. The van der Waals surface area contributed by atoms with Crippen molar-refractivity contribution in [3.63, 3.8) is 0 Å². The zero-order valence-corrected chi connectivity index (χ0v) is 12.4. The van der Waals surface area contributed by atoms with E-state index in [9.17, 15) is 4.79 Å². The summed E-state index contributed by atoms with van der Waals surface area (Å²) in [5, 5.41) is 1.89. The number of rotatable bonds is 1. The number of hydrogen-bond donors (Lipinski definition) is 0. The summed E-state index contributed by atoms with van der Waals surface area (Å²) in [7, 11) is 1.97. The number of halogens is 1. The van der Waals surface area contributed by atoms with E-state index in [1.165, 1.54) is 0 Å². The Kier molecular flexibility index (Phi) is 2.69. The molecule has 0 radical (unpaired) electrons. The van der Waals surface area contributed by atoms with Gasteiger partial charge in [0.15, 0.2) is 5.78 Å². The molecule has 21 heavy (non-hydrogen) atoms. The van der Waals surface area contributed by atoms with E-state index in [0.29, 0.717) is 6.42 Å². The van der Waals surface area contributed by atoms with E-state index in [1.54, 1.807) is 0 Å². The number of carbonyl (C=O) groups is 1. The molecule has 1 atom stereocenters. The van der Waals surface area contributed by atoms with E-state index in [4.69, 9.17) is 11.6 Å². The molecule has 0 bridgehead atoms. The number of nitrogens with zero attached hydrogens (tertiary/aromatic N) is 1. The molecule has 2 aromatic carbocycles. The van der Waals surface area contributed by atoms with Crippen LogP contribution in [0.1, 0.15) is 34.0 Å². The first kappa shape index (κ1) is 12.7. The second-order valence-electron chi connectivity index (χ2n) is 5.54. The van der Waals surface area contributed by atoms with Crippen LogP contribution in [0.15, 0.2) is 48.5 Å². The van der Waals surface area contributed by atoms with Crippen molar-refractivity contribution in [2.24, 2.45) is 7.05 Å². The second kappa shape index (κ2) is 4.47. The van der Waals surface area contributed by atoms with Crippen molar-refractivity contribution in [2.75, 3.05) is 0 Å². The van der Waals surface area contributed by atoms with Crippen LogP contribution < -0.4 is 0 Å². The Morgan fingerprint density at radius 1 is 1.10 bits per heavy atom. The Bertz CT molecular complexity index is 878. The Labute approximate surface area is 128 Å². The summed E-state index contributed by atoms with van der Waals surface area (Å²) in [6, 6.07) is 16.0. The molecule has 1 heterocycles. The lowest BCUT2D eigenvalue weighted by Crippen LogP contribution is -2.01. The van der Waals surface area contributed by atoms with Crippen LogP contribution in [-0.2, 0) is 7.05 Å². The summed E-state index contributed by atoms with van der Waals surface area (Å²) in [5.74, 6) is 0.265. The summed E-state index contributed by atoms with van der Waals surface area (Å²) in [4.78, 5) is 12.5. The zero-order valence-electron chi connectivity index (χ0n) is 11.6. The highest BCUT2D eigenvalue weighted by atomic mass is 35.5. The molecule has 2 nitrogen and oxygen atoms in total. The lowest BCUT2D eigenvalue weighted by atomic mass is 9.92. The van der Waals surface area contributed by atoms with Crippen LogP contribution in [0.4, 0.5) is 0 Å². The van der Waals surface area contributed by atoms with Crippen molar-refractivity contribution >= 4 is 28.3 Å². The normalized spacial score (nSPS) is 17.4. The molecule has 0 N–H and O–H groups in total. The maximum absolute atomic E-state index is 12.5. The molecule has 3 aromatic rings. The third-order valence-corrected chi connectivity index (χ3v) is 4.77. The molecule has 0 spiro atoms. The third kappa shape index (κ3) is 1.69. The van der Waals surface area contributed by atoms with Crippen LogP contribution >= 0.6 is 11.6 Å². The van der Waals surface area contributed by atoms with E-state index in [2.05, 4.69) is 12.1 Å². The Hall–Kier alpha value is -2.06. The van der Waals surface area contributed by atoms with Gasteiger partial charge in [-0.05, 0) is 23.3 Å². The fourth-order valence-corrected chi connectivity index (χ4v) is 3.79. The van der Waals surface area contributed by atoms with E-state index < -0.39 is 0 Å². The van der Waals surface area contributed by atoms with Crippen LogP contribution in [0.5, 0.6) is 0 Å². The van der Waals surface area contributed by atoms with E-state index >= 15 is 0 Å². The van der Waals surface area contributed by atoms with Gasteiger partial charge in [-0.25, -0.2) is 0 Å². The summed E-state index contributed by atoms with van der Waals surface area (Å²) >= 11 is 6.36. The number of benzene rings is 2. The van der Waals surface area contributed by atoms with E-state index in [0.717, 1.165) is 32.7 Å². The molecule has 0 saturated heterocycles. The summed E-state index contributed by atoms with van der Waals surface area (Å²) in [6.45, 7) is 0. The summed E-state index contributed by atoms with van der Waals surface area (Å²) < 4.78 is 2.02. The zero-order chi connectivity index (χ0) is 14.6. The van der Waals surface area contributed by atoms with Crippen LogP contribution in [0.2, 0.25) is 5.02 Å². The Morgan fingerprint density at radius 3 is 2.62 bits per heavy atom. The molecule has 1 aromatic heterocycles. The number of aromatic nitrogens is 1. The lowest BCUT2D eigenvalue weighted by molar-refractivity contribution is 0.0984. The highest BCUT2D eigenvalue weighted by molar-refractivity contribution is 6.31. The monoisotopic (exact) mass is 295 g/mol. The first-order valence-electron chi connectivity index (χ1n) is 7.03. The molecule has 4 rings (SSSR count). The minimum absolute atomic E-state index is 0.0623. The van der Waals surface area contributed by atoms with E-state index in [1.807, 2.05) is 48.0 Å². The SMILES string of the molecule is Cn1c2c(c3ccccc31)[C@@H](c1ccccc1Cl)CC2=O. The number of Topliss-reactive ketones (excluding diaryl/α,β-unsaturated/α-hetero) is 1. The standard InChI is InChI=1S/C18H14ClNO/c1-20-15-9-5-3-7-12(15)17-13(10-16(21)18(17)20)11-6-2-4-8-14(11)19/h2-9,13H,10H2,1H3/t13-/m1/s1. The van der Waals surface area contributed by atoms with Gasteiger partial charge in [0.05, 0.1) is 5.69 Å². The van der Waals surface area contributed by atoms with Gasteiger partial charge in [-0.3, -0.25) is 4.79 Å². The number of aryl methyl sites for hydroxylation is 1. The van der Waals surface area contributed by atoms with Crippen molar-refractivity contribution in [3.8, 4) is 0 Å². The average Bonchev–Trinajstić information content (AvgIpc) is 2.98. The number of fused-ring (bicyclic) bond motifs is 3. The third-order valence-electron chi connectivity index (χ3n) is 4.43. The van der Waals surface area contributed by atoms with Crippen LogP contribution in [0.25, 0.3) is 10.9 Å². The highest BCUT2D eigenvalue weighted by Crippen LogP contribution is 2.45. The fraction of sp³-hybridized carbons (Fsp3) is 0.167. The maximum atomic E-state index is 12.5. The van der Waals surface area contributed by atoms with Gasteiger partial charge < -0.3 is 4.57 Å². The van der Waals surface area contributed by atoms with Gasteiger partial charge in [-0.15, -0.1) is 0 Å². The molecule has 0 aliphatic heterocycles. The van der Waals surface area contributed by atoms with Crippen LogP contribution in [0.3, 0.4) is 0 Å². The average molecular weight is 296 g/mol. The molecular formula is C18H14ClNO. The van der Waals surface area contributed by atoms with Crippen molar-refractivity contribution < 1.29 is 4.79 Å². The molecule has 3 heteroatoms. The minimum Gasteiger partial charge on any atom is -0.341 e. The second-order valence-corrected chi connectivity index (χ2v) is 5.95. The first-order valence-corrected chi connectivity index (χ1v) is 7.41. The Balaban J connectivity index is 2.04. The van der Waals surface area contributed by atoms with E-state index in [-0.39, 0.29) is 11.7 Å². The van der Waals surface area contributed by atoms with Gasteiger partial charge >= 0.3 is 0 Å². The number of para-hydroxylation sites is 1. The molecule has 0 unspecified atom stereocenters. The van der Waals surface area contributed by atoms with Gasteiger partial charge in [0, 0.05) is 35.3 Å². The minimum atomic E-state index is 0.0623. The number of carbonyl (C=O) groups excluding carboxylic acids is 1. The predicted molar refractivity (Wildman–Crippen MR) is 85.2 cm³/mol. The summed E-state index contributed by atoms with van der Waals surface area (Å²) in [5.41, 5.74) is 4.11. The van der Waals surface area contributed by atoms with Crippen molar-refractivity contribution in [3.05, 3.63) is 70.4 Å². The number of ketones is 1. The van der Waals surface area contributed by atoms with Crippen molar-refractivity contribution in [1.29, 1.82) is 0 Å². The van der Waals surface area contributed by atoms with Gasteiger partial charge in [-0.2, -0.15) is 0 Å². The molecule has 1 aliphatic rings. The smallest absolute Gasteiger partial charge is 0.180 e. The summed E-state index contributed by atoms with van der Waals surface area (Å²) in [6.07, 6.45) is 0.507. The lowest BCUT2D eigenvalue weighted by Gasteiger charge is -2.12. The first-order chi connectivity index (χ1) is 10.2. The maximum Gasteiger partial charge on any atom is 0.180 e. The number of hydrogen-bond acceptors (Lipinski definition) is 1. The van der Waals surface area contributed by atoms with Gasteiger partial charge in [0.25, 0.3) is 0 Å². The van der Waals surface area contributed by atoms with Crippen LogP contribution in [0, 0.1) is 0 Å². The quantitative estimate of drug-likeness (QED) is 0.645.